The summed E-state index contributed by atoms with van der Waals surface area (Å²) in [5.41, 5.74) is 9.40. The number of amides is 1. The zero-order valence-corrected chi connectivity index (χ0v) is 11.6. The third-order valence-electron chi connectivity index (χ3n) is 3.34. The Morgan fingerprint density at radius 3 is 2.67 bits per heavy atom. The van der Waals surface area contributed by atoms with Crippen molar-refractivity contribution >= 4 is 5.91 Å². The third-order valence-corrected chi connectivity index (χ3v) is 3.34. The van der Waals surface area contributed by atoms with Crippen molar-refractivity contribution in [2.24, 2.45) is 11.7 Å². The van der Waals surface area contributed by atoms with Crippen LogP contribution in [0.3, 0.4) is 0 Å². The Morgan fingerprint density at radius 2 is 2.11 bits per heavy atom. The number of benzene rings is 1. The summed E-state index contributed by atoms with van der Waals surface area (Å²) in [6, 6.07) is 6.42. The topological polar surface area (TPSA) is 55.1 Å². The summed E-state index contributed by atoms with van der Waals surface area (Å²) in [6.07, 6.45) is 1.67. The van der Waals surface area contributed by atoms with Gasteiger partial charge in [0.1, 0.15) is 0 Å². The maximum absolute atomic E-state index is 11.7. The fourth-order valence-corrected chi connectivity index (χ4v) is 2.05. The van der Waals surface area contributed by atoms with Crippen LogP contribution < -0.4 is 11.1 Å². The smallest absolute Gasteiger partial charge is 0.224 e. The minimum atomic E-state index is -0.0517. The molecule has 0 saturated heterocycles. The highest BCUT2D eigenvalue weighted by Gasteiger charge is 2.13. The number of aryl methyl sites for hydroxylation is 2. The molecule has 0 radical (unpaired) electrons. The molecule has 0 aliphatic rings. The zero-order chi connectivity index (χ0) is 13.5. The molecular formula is C15H24N2O. The minimum absolute atomic E-state index is 0.0517. The van der Waals surface area contributed by atoms with Gasteiger partial charge in [-0.25, -0.2) is 0 Å². The molecule has 1 atom stereocenters. The van der Waals surface area contributed by atoms with E-state index in [2.05, 4.69) is 37.4 Å². The van der Waals surface area contributed by atoms with Crippen LogP contribution in [0.1, 0.15) is 30.0 Å². The molecule has 0 spiro atoms. The Bertz CT molecular complexity index is 397. The first-order chi connectivity index (χ1) is 8.58. The third kappa shape index (κ3) is 4.15. The van der Waals surface area contributed by atoms with E-state index in [-0.39, 0.29) is 11.8 Å². The van der Waals surface area contributed by atoms with Crippen LogP contribution in [0.4, 0.5) is 0 Å². The van der Waals surface area contributed by atoms with Gasteiger partial charge in [0.2, 0.25) is 5.91 Å². The zero-order valence-electron chi connectivity index (χ0n) is 11.6. The van der Waals surface area contributed by atoms with Crippen molar-refractivity contribution in [2.75, 3.05) is 13.1 Å². The lowest BCUT2D eigenvalue weighted by molar-refractivity contribution is -0.124. The molecule has 0 bridgehead atoms. The van der Waals surface area contributed by atoms with Gasteiger partial charge in [-0.2, -0.15) is 0 Å². The van der Waals surface area contributed by atoms with Gasteiger partial charge in [-0.05, 0) is 37.8 Å². The van der Waals surface area contributed by atoms with Gasteiger partial charge in [-0.3, -0.25) is 4.79 Å². The first kappa shape index (κ1) is 14.7. The number of nitrogens with two attached hydrogens (primary N) is 1. The molecule has 18 heavy (non-hydrogen) atoms. The first-order valence-electron chi connectivity index (χ1n) is 6.62. The molecule has 0 aromatic heterocycles. The second-order valence-electron chi connectivity index (χ2n) is 4.81. The van der Waals surface area contributed by atoms with Crippen LogP contribution in [0.5, 0.6) is 0 Å². The van der Waals surface area contributed by atoms with E-state index in [0.29, 0.717) is 13.1 Å². The summed E-state index contributed by atoms with van der Waals surface area (Å²) in [4.78, 5) is 11.7. The molecule has 3 nitrogen and oxygen atoms in total. The van der Waals surface area contributed by atoms with Gasteiger partial charge in [-0.15, -0.1) is 0 Å². The van der Waals surface area contributed by atoms with Gasteiger partial charge in [-0.1, -0.05) is 30.7 Å². The molecule has 3 heteroatoms. The van der Waals surface area contributed by atoms with E-state index in [1.54, 1.807) is 0 Å². The standard InChI is InChI=1S/C15H24N2O/c1-4-13(10-16)15(18)17-8-7-14-6-5-11(2)9-12(14)3/h5-6,9,13H,4,7-8,10,16H2,1-3H3,(H,17,18). The lowest BCUT2D eigenvalue weighted by Gasteiger charge is -2.13. The fraction of sp³-hybridized carbons (Fsp3) is 0.533. The molecule has 1 aromatic carbocycles. The van der Waals surface area contributed by atoms with Crippen LogP contribution in [-0.4, -0.2) is 19.0 Å². The van der Waals surface area contributed by atoms with E-state index >= 15 is 0 Å². The van der Waals surface area contributed by atoms with Crippen LogP contribution in [0, 0.1) is 19.8 Å². The highest BCUT2D eigenvalue weighted by atomic mass is 16.1. The number of carbonyl (C=O) groups is 1. The van der Waals surface area contributed by atoms with Gasteiger partial charge < -0.3 is 11.1 Å². The van der Waals surface area contributed by atoms with E-state index in [1.165, 1.54) is 16.7 Å². The van der Waals surface area contributed by atoms with Crippen molar-refractivity contribution in [3.8, 4) is 0 Å². The molecule has 100 valence electrons. The average molecular weight is 248 g/mol. The Morgan fingerprint density at radius 1 is 1.39 bits per heavy atom. The van der Waals surface area contributed by atoms with E-state index in [1.807, 2.05) is 6.92 Å². The molecule has 0 fully saturated rings. The van der Waals surface area contributed by atoms with Crippen molar-refractivity contribution in [3.05, 3.63) is 34.9 Å². The molecule has 1 unspecified atom stereocenters. The molecule has 0 aliphatic carbocycles. The largest absolute Gasteiger partial charge is 0.355 e. The second-order valence-corrected chi connectivity index (χ2v) is 4.81. The number of nitrogens with one attached hydrogen (secondary N) is 1. The van der Waals surface area contributed by atoms with Crippen LogP contribution in [0.2, 0.25) is 0 Å². The molecule has 0 heterocycles. The summed E-state index contributed by atoms with van der Waals surface area (Å²) < 4.78 is 0. The summed E-state index contributed by atoms with van der Waals surface area (Å²) in [6.45, 7) is 7.29. The number of rotatable bonds is 6. The maximum Gasteiger partial charge on any atom is 0.224 e. The number of carbonyl (C=O) groups excluding carboxylic acids is 1. The quantitative estimate of drug-likeness (QED) is 0.808. The molecule has 0 aliphatic heterocycles. The maximum atomic E-state index is 11.7. The van der Waals surface area contributed by atoms with Crippen molar-refractivity contribution in [1.82, 2.24) is 5.32 Å². The molecular weight excluding hydrogens is 224 g/mol. The number of hydrogen-bond donors (Lipinski definition) is 2. The average Bonchev–Trinajstić information content (AvgIpc) is 2.33. The van der Waals surface area contributed by atoms with Gasteiger partial charge in [0.25, 0.3) is 0 Å². The number of hydrogen-bond acceptors (Lipinski definition) is 2. The highest BCUT2D eigenvalue weighted by molar-refractivity contribution is 5.78. The fourth-order valence-electron chi connectivity index (χ4n) is 2.05. The Kier molecular flexibility index (Phi) is 5.86. The summed E-state index contributed by atoms with van der Waals surface area (Å²) in [5.74, 6) is 0.0221. The van der Waals surface area contributed by atoms with Crippen molar-refractivity contribution in [2.45, 2.75) is 33.6 Å². The van der Waals surface area contributed by atoms with Crippen LogP contribution in [-0.2, 0) is 11.2 Å². The van der Waals surface area contributed by atoms with Crippen LogP contribution in [0.25, 0.3) is 0 Å². The van der Waals surface area contributed by atoms with Crippen molar-refractivity contribution in [3.63, 3.8) is 0 Å². The molecule has 1 rings (SSSR count). The highest BCUT2D eigenvalue weighted by Crippen LogP contribution is 2.10. The first-order valence-corrected chi connectivity index (χ1v) is 6.62. The molecule has 1 aromatic rings. The SMILES string of the molecule is CCC(CN)C(=O)NCCc1ccc(C)cc1C. The van der Waals surface area contributed by atoms with E-state index < -0.39 is 0 Å². The van der Waals surface area contributed by atoms with Crippen molar-refractivity contribution < 1.29 is 4.79 Å². The van der Waals surface area contributed by atoms with Gasteiger partial charge in [0.15, 0.2) is 0 Å². The molecule has 3 N–H and O–H groups in total. The predicted molar refractivity (Wildman–Crippen MR) is 75.5 cm³/mol. The Labute approximate surface area is 110 Å². The molecule has 0 saturated carbocycles. The van der Waals surface area contributed by atoms with Gasteiger partial charge in [0, 0.05) is 19.0 Å². The Balaban J connectivity index is 2.44. The van der Waals surface area contributed by atoms with E-state index in [9.17, 15) is 4.79 Å². The minimum Gasteiger partial charge on any atom is -0.355 e. The van der Waals surface area contributed by atoms with Gasteiger partial charge >= 0.3 is 0 Å². The van der Waals surface area contributed by atoms with Gasteiger partial charge in [0.05, 0.1) is 0 Å². The summed E-state index contributed by atoms with van der Waals surface area (Å²) in [7, 11) is 0. The predicted octanol–water partition coefficient (Wildman–Crippen LogP) is 1.95. The lowest BCUT2D eigenvalue weighted by atomic mass is 10.0. The Hall–Kier alpha value is -1.35. The normalized spacial score (nSPS) is 12.2. The van der Waals surface area contributed by atoms with E-state index in [0.717, 1.165) is 12.8 Å². The summed E-state index contributed by atoms with van der Waals surface area (Å²) >= 11 is 0. The van der Waals surface area contributed by atoms with Crippen molar-refractivity contribution in [1.29, 1.82) is 0 Å². The van der Waals surface area contributed by atoms with Crippen LogP contribution >= 0.6 is 0 Å². The van der Waals surface area contributed by atoms with Crippen LogP contribution in [0.15, 0.2) is 18.2 Å². The summed E-state index contributed by atoms with van der Waals surface area (Å²) in [5, 5.41) is 2.96. The molecule has 1 amide bonds. The lowest BCUT2D eigenvalue weighted by Crippen LogP contribution is -2.35. The monoisotopic (exact) mass is 248 g/mol. The van der Waals surface area contributed by atoms with E-state index in [4.69, 9.17) is 5.73 Å². The second kappa shape index (κ2) is 7.17.